The summed E-state index contributed by atoms with van der Waals surface area (Å²) in [4.78, 5) is 14.9. The van der Waals surface area contributed by atoms with E-state index in [4.69, 9.17) is 5.73 Å². The van der Waals surface area contributed by atoms with Gasteiger partial charge in [0.2, 0.25) is 0 Å². The number of Topliss-reactive ketones (excluding diaryl/α,β-unsaturated/α-hetero) is 1. The summed E-state index contributed by atoms with van der Waals surface area (Å²) in [6, 6.07) is -0.325. The first-order valence-corrected chi connectivity index (χ1v) is 3.86. The molecule has 0 rings (SSSR count). The number of methoxy groups -OCH3 is 1. The summed E-state index contributed by atoms with van der Waals surface area (Å²) in [5, 5.41) is 0. The van der Waals surface area contributed by atoms with Crippen LogP contribution in [0.4, 0.5) is 0 Å². The molecule has 0 saturated carbocycles. The monoisotopic (exact) mass is 172 g/mol. The number of ketones is 1. The molecule has 0 saturated heterocycles. The summed E-state index contributed by atoms with van der Waals surface area (Å²) in [5.74, 6) is 0.154. The number of aliphatic imine (C=N–C) groups is 1. The molecule has 2 N–H and O–H groups in total. The second-order valence-corrected chi connectivity index (χ2v) is 2.97. The van der Waals surface area contributed by atoms with Gasteiger partial charge in [0.05, 0.1) is 7.11 Å². The van der Waals surface area contributed by atoms with Crippen molar-refractivity contribution in [1.82, 2.24) is 0 Å². The molecular formula is C8H16N2O2. The fourth-order valence-electron chi connectivity index (χ4n) is 0.899. The Morgan fingerprint density at radius 3 is 2.25 bits per heavy atom. The van der Waals surface area contributed by atoms with E-state index in [1.807, 2.05) is 13.8 Å². The third-order valence-electron chi connectivity index (χ3n) is 1.52. The second kappa shape index (κ2) is 4.74. The Bertz CT molecular complexity index is 187. The zero-order valence-electron chi connectivity index (χ0n) is 8.00. The van der Waals surface area contributed by atoms with Crippen molar-refractivity contribution in [2.45, 2.75) is 26.8 Å². The topological polar surface area (TPSA) is 64.7 Å². The number of amidine groups is 1. The van der Waals surface area contributed by atoms with E-state index in [0.29, 0.717) is 0 Å². The highest BCUT2D eigenvalue weighted by Crippen LogP contribution is 2.07. The summed E-state index contributed by atoms with van der Waals surface area (Å²) < 4.78 is 4.66. The molecule has 0 heterocycles. The van der Waals surface area contributed by atoms with E-state index < -0.39 is 0 Å². The molecule has 0 aliphatic heterocycles. The van der Waals surface area contributed by atoms with Crippen molar-refractivity contribution in [3.05, 3.63) is 0 Å². The van der Waals surface area contributed by atoms with Gasteiger partial charge in [-0.25, -0.2) is 4.99 Å². The quantitative estimate of drug-likeness (QED) is 0.499. The second-order valence-electron chi connectivity index (χ2n) is 2.97. The fraction of sp³-hybridized carbons (Fsp3) is 0.750. The van der Waals surface area contributed by atoms with Gasteiger partial charge >= 0.3 is 0 Å². The number of nitrogens with two attached hydrogens (primary N) is 1. The standard InChI is InChI=1S/C8H16N2O2/c1-5(2)7(6(3)11)10-8(9)12-4/h5,7H,1-4H3,(H2,9,10)/t7-/m0/s1. The normalized spacial score (nSPS) is 14.6. The Morgan fingerprint density at radius 2 is 2.00 bits per heavy atom. The molecule has 0 spiro atoms. The zero-order valence-corrected chi connectivity index (χ0v) is 8.00. The van der Waals surface area contributed by atoms with Gasteiger partial charge in [0.15, 0.2) is 5.78 Å². The smallest absolute Gasteiger partial charge is 0.282 e. The van der Waals surface area contributed by atoms with Crippen LogP contribution in [0.2, 0.25) is 0 Å². The molecule has 0 amide bonds. The Morgan fingerprint density at radius 1 is 1.50 bits per heavy atom. The average molecular weight is 172 g/mol. The molecule has 0 aromatic carbocycles. The molecule has 0 aliphatic rings. The highest BCUT2D eigenvalue weighted by Gasteiger charge is 2.17. The SMILES string of the molecule is COC(N)=N[C@H](C(C)=O)C(C)C. The molecule has 0 radical (unpaired) electrons. The third-order valence-corrected chi connectivity index (χ3v) is 1.52. The maximum atomic E-state index is 11.0. The lowest BCUT2D eigenvalue weighted by atomic mass is 10.0. The Hall–Kier alpha value is -1.06. The molecular weight excluding hydrogens is 156 g/mol. The van der Waals surface area contributed by atoms with E-state index in [-0.39, 0.29) is 23.8 Å². The molecule has 4 nitrogen and oxygen atoms in total. The molecule has 0 fully saturated rings. The van der Waals surface area contributed by atoms with E-state index >= 15 is 0 Å². The van der Waals surface area contributed by atoms with Gasteiger partial charge in [0.25, 0.3) is 6.02 Å². The van der Waals surface area contributed by atoms with Crippen LogP contribution in [-0.4, -0.2) is 25.0 Å². The van der Waals surface area contributed by atoms with Gasteiger partial charge in [-0.3, -0.25) is 4.79 Å². The van der Waals surface area contributed by atoms with Crippen LogP contribution in [0.3, 0.4) is 0 Å². The first-order valence-electron chi connectivity index (χ1n) is 3.86. The minimum Gasteiger partial charge on any atom is -0.469 e. The van der Waals surface area contributed by atoms with Gasteiger partial charge < -0.3 is 10.5 Å². The molecule has 1 atom stereocenters. The molecule has 0 unspecified atom stereocenters. The van der Waals surface area contributed by atoms with Crippen LogP contribution in [0, 0.1) is 5.92 Å². The van der Waals surface area contributed by atoms with E-state index in [9.17, 15) is 4.79 Å². The average Bonchev–Trinajstić information content (AvgIpc) is 1.98. The van der Waals surface area contributed by atoms with Crippen molar-refractivity contribution in [3.8, 4) is 0 Å². The van der Waals surface area contributed by atoms with Gasteiger partial charge in [0.1, 0.15) is 6.04 Å². The molecule has 0 aliphatic carbocycles. The number of hydrogen-bond donors (Lipinski definition) is 1. The number of nitrogens with zero attached hydrogens (tertiary/aromatic N) is 1. The maximum Gasteiger partial charge on any atom is 0.282 e. The first kappa shape index (κ1) is 10.9. The molecule has 12 heavy (non-hydrogen) atoms. The van der Waals surface area contributed by atoms with E-state index in [1.165, 1.54) is 14.0 Å². The Labute approximate surface area is 72.8 Å². The number of carbonyl (C=O) groups is 1. The lowest BCUT2D eigenvalue weighted by Crippen LogP contribution is -2.27. The number of ether oxygens (including phenoxy) is 1. The molecule has 4 heteroatoms. The van der Waals surface area contributed by atoms with Crippen molar-refractivity contribution in [3.63, 3.8) is 0 Å². The number of rotatable bonds is 3. The molecule has 0 aromatic rings. The van der Waals surface area contributed by atoms with Crippen molar-refractivity contribution >= 4 is 11.8 Å². The van der Waals surface area contributed by atoms with Gasteiger partial charge in [0, 0.05) is 0 Å². The summed E-state index contributed by atoms with van der Waals surface area (Å²) in [5.41, 5.74) is 5.32. The predicted octanol–water partition coefficient (Wildman–Crippen LogP) is 0.561. The molecule has 70 valence electrons. The zero-order chi connectivity index (χ0) is 9.72. The third kappa shape index (κ3) is 3.37. The highest BCUT2D eigenvalue weighted by atomic mass is 16.5. The van der Waals surface area contributed by atoms with Crippen LogP contribution in [0.15, 0.2) is 4.99 Å². The van der Waals surface area contributed by atoms with Crippen molar-refractivity contribution < 1.29 is 9.53 Å². The lowest BCUT2D eigenvalue weighted by molar-refractivity contribution is -0.119. The summed E-state index contributed by atoms with van der Waals surface area (Å²) >= 11 is 0. The number of hydrogen-bond acceptors (Lipinski definition) is 3. The number of carbonyl (C=O) groups excluding carboxylic acids is 1. The maximum absolute atomic E-state index is 11.0. The predicted molar refractivity (Wildman–Crippen MR) is 47.9 cm³/mol. The van der Waals surface area contributed by atoms with Gasteiger partial charge in [-0.2, -0.15) is 0 Å². The Balaban J connectivity index is 4.43. The summed E-state index contributed by atoms with van der Waals surface area (Å²) in [6.45, 7) is 5.33. The summed E-state index contributed by atoms with van der Waals surface area (Å²) in [7, 11) is 1.43. The van der Waals surface area contributed by atoms with Gasteiger partial charge in [-0.15, -0.1) is 0 Å². The van der Waals surface area contributed by atoms with Crippen molar-refractivity contribution in [2.24, 2.45) is 16.6 Å². The van der Waals surface area contributed by atoms with Crippen LogP contribution in [-0.2, 0) is 9.53 Å². The first-order chi connectivity index (χ1) is 5.49. The van der Waals surface area contributed by atoms with Crippen LogP contribution < -0.4 is 5.73 Å². The van der Waals surface area contributed by atoms with E-state index in [0.717, 1.165) is 0 Å². The van der Waals surface area contributed by atoms with Crippen LogP contribution in [0.1, 0.15) is 20.8 Å². The fourth-order valence-corrected chi connectivity index (χ4v) is 0.899. The van der Waals surface area contributed by atoms with Crippen LogP contribution >= 0.6 is 0 Å². The van der Waals surface area contributed by atoms with Crippen LogP contribution in [0.25, 0.3) is 0 Å². The van der Waals surface area contributed by atoms with Gasteiger partial charge in [-0.1, -0.05) is 13.8 Å². The Kier molecular flexibility index (Phi) is 4.33. The largest absolute Gasteiger partial charge is 0.469 e. The van der Waals surface area contributed by atoms with Gasteiger partial charge in [-0.05, 0) is 12.8 Å². The molecule has 0 bridgehead atoms. The van der Waals surface area contributed by atoms with Crippen molar-refractivity contribution in [2.75, 3.05) is 7.11 Å². The lowest BCUT2D eigenvalue weighted by Gasteiger charge is -2.12. The molecule has 0 aromatic heterocycles. The van der Waals surface area contributed by atoms with Crippen molar-refractivity contribution in [1.29, 1.82) is 0 Å². The van der Waals surface area contributed by atoms with E-state index in [1.54, 1.807) is 0 Å². The van der Waals surface area contributed by atoms with Crippen LogP contribution in [0.5, 0.6) is 0 Å². The summed E-state index contributed by atoms with van der Waals surface area (Å²) in [6.07, 6.45) is 0. The highest BCUT2D eigenvalue weighted by molar-refractivity contribution is 5.84. The minimum absolute atomic E-state index is 0.00463. The van der Waals surface area contributed by atoms with E-state index in [2.05, 4.69) is 9.73 Å². The minimum atomic E-state index is -0.384.